The molecule has 1 aliphatic carbocycles. The summed E-state index contributed by atoms with van der Waals surface area (Å²) in [5.41, 5.74) is 7.11. The van der Waals surface area contributed by atoms with Crippen molar-refractivity contribution in [3.05, 3.63) is 178 Å². The van der Waals surface area contributed by atoms with E-state index in [-0.39, 0.29) is 24.0 Å². The first-order valence-corrected chi connectivity index (χ1v) is 20.8. The van der Waals surface area contributed by atoms with Crippen molar-refractivity contribution in [1.82, 2.24) is 0 Å². The van der Waals surface area contributed by atoms with Gasteiger partial charge in [0.15, 0.2) is 17.3 Å². The van der Waals surface area contributed by atoms with Crippen molar-refractivity contribution in [3.63, 3.8) is 0 Å². The summed E-state index contributed by atoms with van der Waals surface area (Å²) >= 11 is 3.72. The summed E-state index contributed by atoms with van der Waals surface area (Å²) in [5.74, 6) is 0.384. The maximum Gasteiger partial charge on any atom is 0.261 e. The van der Waals surface area contributed by atoms with Crippen molar-refractivity contribution in [2.45, 2.75) is 6.61 Å². The van der Waals surface area contributed by atoms with E-state index in [1.54, 1.807) is 36.3 Å². The lowest BCUT2D eigenvalue weighted by atomic mass is 10.0. The predicted octanol–water partition coefficient (Wildman–Crippen LogP) is 13.7. The summed E-state index contributed by atoms with van der Waals surface area (Å²) in [4.78, 5) is 35.8. The molecular formula is C51H39BrN6O5. The molecule has 310 valence electrons. The van der Waals surface area contributed by atoms with Crippen LogP contribution >= 0.6 is 15.9 Å². The number of para-hydroxylation sites is 2. The van der Waals surface area contributed by atoms with E-state index >= 15 is 0 Å². The number of ketones is 1. The van der Waals surface area contributed by atoms with Gasteiger partial charge in [-0.15, -0.1) is 10.2 Å². The Morgan fingerprint density at radius 2 is 1.16 bits per heavy atom. The number of hydrogen-bond acceptors (Lipinski definition) is 10. The highest BCUT2D eigenvalue weighted by Gasteiger charge is 2.30. The number of rotatable bonds is 12. The van der Waals surface area contributed by atoms with Gasteiger partial charge in [-0.05, 0) is 77.0 Å². The summed E-state index contributed by atoms with van der Waals surface area (Å²) in [6.45, 7) is 0.229. The Morgan fingerprint density at radius 1 is 0.587 bits per heavy atom. The van der Waals surface area contributed by atoms with Gasteiger partial charge >= 0.3 is 0 Å². The fourth-order valence-electron chi connectivity index (χ4n) is 7.87. The molecule has 1 amide bonds. The molecule has 12 heteroatoms. The molecule has 0 aliphatic heterocycles. The average Bonchev–Trinajstić information content (AvgIpc) is 3.61. The summed E-state index contributed by atoms with van der Waals surface area (Å²) in [5, 5.41) is 23.8. The van der Waals surface area contributed by atoms with Crippen molar-refractivity contribution in [2.75, 3.05) is 38.3 Å². The number of carbonyl (C=O) groups is 2. The van der Waals surface area contributed by atoms with Crippen LogP contribution in [0.15, 0.2) is 177 Å². The second kappa shape index (κ2) is 17.4. The van der Waals surface area contributed by atoms with Crippen LogP contribution in [-0.2, 0) is 11.4 Å². The molecule has 8 aromatic carbocycles. The van der Waals surface area contributed by atoms with E-state index in [0.29, 0.717) is 49.7 Å². The highest BCUT2D eigenvalue weighted by molar-refractivity contribution is 9.10. The molecule has 0 fully saturated rings. The van der Waals surface area contributed by atoms with E-state index in [1.807, 2.05) is 147 Å². The number of amides is 1. The maximum atomic E-state index is 14.2. The Kier molecular flexibility index (Phi) is 11.3. The van der Waals surface area contributed by atoms with Gasteiger partial charge in [-0.1, -0.05) is 107 Å². The number of anilines is 2. The first-order valence-electron chi connectivity index (χ1n) is 20.0. The third-order valence-electron chi connectivity index (χ3n) is 11.0. The van der Waals surface area contributed by atoms with Crippen LogP contribution < -0.4 is 19.4 Å². The fraction of sp³-hybridized carbons (Fsp3) is 0.0980. The van der Waals surface area contributed by atoms with Gasteiger partial charge in [0.2, 0.25) is 0 Å². The zero-order valence-corrected chi connectivity index (χ0v) is 36.3. The summed E-state index contributed by atoms with van der Waals surface area (Å²) < 4.78 is 12.5. The van der Waals surface area contributed by atoms with E-state index in [4.69, 9.17) is 19.4 Å². The van der Waals surface area contributed by atoms with Gasteiger partial charge in [-0.3, -0.25) is 19.5 Å². The molecule has 0 aromatic heterocycles. The minimum atomic E-state index is -0.263. The lowest BCUT2D eigenvalue weighted by Gasteiger charge is -2.20. The molecule has 0 saturated heterocycles. The maximum absolute atomic E-state index is 14.2. The van der Waals surface area contributed by atoms with Crippen LogP contribution in [0.3, 0.4) is 0 Å². The van der Waals surface area contributed by atoms with Crippen molar-refractivity contribution in [3.8, 4) is 22.6 Å². The number of fused-ring (bicyclic) bond motifs is 5. The number of ether oxygens (including phenoxy) is 2. The number of nitrogens with zero attached hydrogens (tertiary/aromatic N) is 6. The molecule has 11 nitrogen and oxygen atoms in total. The average molecular weight is 896 g/mol. The quantitative estimate of drug-likeness (QED) is 0.0890. The van der Waals surface area contributed by atoms with Crippen molar-refractivity contribution in [2.24, 2.45) is 20.5 Å². The summed E-state index contributed by atoms with van der Waals surface area (Å²) in [6, 6.07) is 47.6. The van der Waals surface area contributed by atoms with Gasteiger partial charge in [0.05, 0.1) is 36.8 Å². The Balaban J connectivity index is 1.02. The van der Waals surface area contributed by atoms with Gasteiger partial charge in [0.25, 0.3) is 5.91 Å². The van der Waals surface area contributed by atoms with Crippen molar-refractivity contribution < 1.29 is 23.9 Å². The number of benzene rings is 8. The molecule has 0 N–H and O–H groups in total. The Bertz CT molecular complexity index is 3140. The van der Waals surface area contributed by atoms with Gasteiger partial charge in [-0.2, -0.15) is 10.2 Å². The number of azo groups is 2. The second-order valence-corrected chi connectivity index (χ2v) is 15.6. The lowest BCUT2D eigenvalue weighted by Crippen LogP contribution is -2.26. The van der Waals surface area contributed by atoms with Crippen molar-refractivity contribution >= 4 is 83.3 Å². The van der Waals surface area contributed by atoms with Crippen LogP contribution in [0.4, 0.5) is 34.1 Å². The van der Waals surface area contributed by atoms with E-state index in [0.717, 1.165) is 49.6 Å². The van der Waals surface area contributed by atoms with E-state index in [1.165, 1.54) is 7.11 Å². The zero-order valence-electron chi connectivity index (χ0n) is 34.7. The normalized spacial score (nSPS) is 12.0. The largest absolute Gasteiger partial charge is 0.494 e. The topological polar surface area (TPSA) is 118 Å². The molecule has 0 bridgehead atoms. The molecule has 0 saturated carbocycles. The second-order valence-electron chi connectivity index (χ2n) is 14.8. The van der Waals surface area contributed by atoms with Crippen molar-refractivity contribution in [1.29, 1.82) is 0 Å². The van der Waals surface area contributed by atoms with E-state index < -0.39 is 0 Å². The molecule has 0 atom stereocenters. The first-order chi connectivity index (χ1) is 30.7. The molecular weight excluding hydrogens is 857 g/mol. The number of hydrogen-bond donors (Lipinski definition) is 0. The SMILES string of the molecule is COc1c(CON(C)c2ccccc2)cc2ccccc2c1N=Nc1ccc2c(c1)C(=O)c1cc(N=Nc3c(OC)c(C(=O)N(C)c4ccccc4)cc4ccccc34)cc(Br)c1-2. The lowest BCUT2D eigenvalue weighted by molar-refractivity contribution is 0.0989. The minimum absolute atomic E-state index is 0.181. The number of carbonyl (C=O) groups excluding carboxylic acids is 2. The van der Waals surface area contributed by atoms with Crippen LogP contribution in [-0.4, -0.2) is 40.0 Å². The minimum Gasteiger partial charge on any atom is -0.494 e. The van der Waals surface area contributed by atoms with E-state index in [9.17, 15) is 9.59 Å². The van der Waals surface area contributed by atoms with Gasteiger partial charge < -0.3 is 14.4 Å². The highest BCUT2D eigenvalue weighted by atomic mass is 79.9. The zero-order chi connectivity index (χ0) is 43.6. The molecule has 8 aromatic rings. The predicted molar refractivity (Wildman–Crippen MR) is 251 cm³/mol. The molecule has 0 heterocycles. The Morgan fingerprint density at radius 3 is 1.83 bits per heavy atom. The molecule has 0 radical (unpaired) electrons. The number of hydroxylamine groups is 1. The van der Waals surface area contributed by atoms with E-state index in [2.05, 4.69) is 31.3 Å². The van der Waals surface area contributed by atoms with Crippen LogP contribution in [0.5, 0.6) is 11.5 Å². The van der Waals surface area contributed by atoms with Crippen LogP contribution in [0.25, 0.3) is 32.7 Å². The molecule has 63 heavy (non-hydrogen) atoms. The molecule has 9 rings (SSSR count). The smallest absolute Gasteiger partial charge is 0.261 e. The first kappa shape index (κ1) is 40.8. The third kappa shape index (κ3) is 7.82. The van der Waals surface area contributed by atoms with Gasteiger partial charge in [0, 0.05) is 57.3 Å². The monoisotopic (exact) mass is 894 g/mol. The Hall–Kier alpha value is -7.54. The van der Waals surface area contributed by atoms with Gasteiger partial charge in [-0.25, -0.2) is 0 Å². The molecule has 1 aliphatic rings. The summed E-state index contributed by atoms with van der Waals surface area (Å²) in [6.07, 6.45) is 0. The summed E-state index contributed by atoms with van der Waals surface area (Å²) in [7, 11) is 6.69. The third-order valence-corrected chi connectivity index (χ3v) is 11.6. The number of methoxy groups -OCH3 is 2. The van der Waals surface area contributed by atoms with Crippen LogP contribution in [0.1, 0.15) is 31.8 Å². The Labute approximate surface area is 372 Å². The molecule has 0 spiro atoms. The molecule has 0 unspecified atom stereocenters. The highest BCUT2D eigenvalue weighted by Crippen LogP contribution is 2.47. The van der Waals surface area contributed by atoms with Crippen LogP contribution in [0.2, 0.25) is 0 Å². The van der Waals surface area contributed by atoms with Crippen LogP contribution in [0, 0.1) is 0 Å². The van der Waals surface area contributed by atoms with Gasteiger partial charge in [0.1, 0.15) is 18.0 Å². The number of halogens is 1. The fourth-order valence-corrected chi connectivity index (χ4v) is 8.53. The standard InChI is InChI=1S/C51H39BrN6O5/c1-57(36-17-7-5-8-18-36)51(60)43-26-32-16-12-14-22-39(32)47(50(43)62-4)56-54-35-28-42-45(44(52)29-35)40-24-23-34(27-41(40)48(42)59)53-55-46-38-21-13-11-15-31(38)25-33(49(46)61-3)30-63-58(2)37-19-9-6-10-20-37/h5-29H,30H2,1-4H3.